The molecule has 16 heavy (non-hydrogen) atoms. The summed E-state index contributed by atoms with van der Waals surface area (Å²) in [6.07, 6.45) is 3.51. The lowest BCUT2D eigenvalue weighted by Crippen LogP contribution is -2.22. The van der Waals surface area contributed by atoms with Gasteiger partial charge in [0.25, 0.3) is 0 Å². The van der Waals surface area contributed by atoms with Gasteiger partial charge in [0.15, 0.2) is 0 Å². The van der Waals surface area contributed by atoms with Crippen molar-refractivity contribution in [1.29, 1.82) is 0 Å². The first-order chi connectivity index (χ1) is 7.74. The Kier molecular flexibility index (Phi) is 3.31. The molecule has 6 heteroatoms. The van der Waals surface area contributed by atoms with Crippen molar-refractivity contribution in [3.8, 4) is 0 Å². The Bertz CT molecular complexity index is 482. The van der Waals surface area contributed by atoms with Crippen LogP contribution in [0.1, 0.15) is 17.4 Å². The van der Waals surface area contributed by atoms with Gasteiger partial charge in [-0.2, -0.15) is 0 Å². The highest BCUT2D eigenvalue weighted by molar-refractivity contribution is 9.10. The van der Waals surface area contributed by atoms with Crippen LogP contribution in [0.4, 0.5) is 0 Å². The van der Waals surface area contributed by atoms with E-state index in [9.17, 15) is 0 Å². The molecule has 0 bridgehead atoms. The van der Waals surface area contributed by atoms with Crippen LogP contribution in [0, 0.1) is 0 Å². The van der Waals surface area contributed by atoms with E-state index in [0.717, 1.165) is 15.9 Å². The molecule has 0 spiro atoms. The second-order valence-corrected chi connectivity index (χ2v) is 4.23. The van der Waals surface area contributed by atoms with E-state index in [1.165, 1.54) is 0 Å². The first-order valence-corrected chi connectivity index (χ1v) is 5.65. The average Bonchev–Trinajstić information content (AvgIpc) is 2.69. The molecule has 1 atom stereocenters. The molecule has 1 N–H and O–H groups in total. The lowest BCUT2D eigenvalue weighted by molar-refractivity contribution is 0.586. The minimum atomic E-state index is -0.0180. The molecule has 2 aromatic heterocycles. The van der Waals surface area contributed by atoms with Crippen molar-refractivity contribution in [2.24, 2.45) is 7.05 Å². The van der Waals surface area contributed by atoms with Crippen LogP contribution in [-0.2, 0) is 7.05 Å². The number of hydrogen-bond donors (Lipinski definition) is 1. The maximum atomic E-state index is 4.37. The summed E-state index contributed by atoms with van der Waals surface area (Å²) in [4.78, 5) is 4.37. The predicted molar refractivity (Wildman–Crippen MR) is 63.8 cm³/mol. The number of nitrogens with one attached hydrogen (secondary N) is 1. The Labute approximate surface area is 102 Å². The van der Waals surface area contributed by atoms with Crippen molar-refractivity contribution in [3.05, 3.63) is 40.4 Å². The summed E-state index contributed by atoms with van der Waals surface area (Å²) >= 11 is 3.50. The van der Waals surface area contributed by atoms with Crippen molar-refractivity contribution < 1.29 is 0 Å². The number of rotatable bonds is 3. The maximum absolute atomic E-state index is 4.37. The fourth-order valence-electron chi connectivity index (χ4n) is 1.59. The first-order valence-electron chi connectivity index (χ1n) is 4.86. The highest BCUT2D eigenvalue weighted by atomic mass is 79.9. The molecule has 5 nitrogen and oxygen atoms in total. The van der Waals surface area contributed by atoms with Crippen molar-refractivity contribution >= 4 is 15.9 Å². The number of aryl methyl sites for hydroxylation is 1. The van der Waals surface area contributed by atoms with Crippen molar-refractivity contribution in [3.63, 3.8) is 0 Å². The monoisotopic (exact) mass is 281 g/mol. The van der Waals surface area contributed by atoms with Crippen LogP contribution in [0.5, 0.6) is 0 Å². The van der Waals surface area contributed by atoms with Crippen molar-refractivity contribution in [1.82, 2.24) is 25.3 Å². The molecule has 2 rings (SSSR count). The molecule has 0 fully saturated rings. The Morgan fingerprint density at radius 2 is 2.31 bits per heavy atom. The third kappa shape index (κ3) is 1.98. The fourth-order valence-corrected chi connectivity index (χ4v) is 2.08. The van der Waals surface area contributed by atoms with Gasteiger partial charge in [0.2, 0.25) is 0 Å². The molecular formula is C10H12BrN5. The van der Waals surface area contributed by atoms with Crippen LogP contribution in [0.15, 0.2) is 29.0 Å². The van der Waals surface area contributed by atoms with E-state index in [1.54, 1.807) is 17.1 Å². The largest absolute Gasteiger partial charge is 0.307 e. The zero-order valence-corrected chi connectivity index (χ0v) is 10.6. The number of nitrogens with zero attached hydrogens (tertiary/aromatic N) is 4. The Hall–Kier alpha value is -1.27. The minimum absolute atomic E-state index is 0.0180. The first kappa shape index (κ1) is 11.2. The third-order valence-electron chi connectivity index (χ3n) is 2.39. The molecule has 0 aliphatic carbocycles. The van der Waals surface area contributed by atoms with Crippen LogP contribution in [0.25, 0.3) is 0 Å². The molecule has 0 radical (unpaired) electrons. The molecule has 0 amide bonds. The standard InChI is InChI=1S/C10H12BrN5/c1-12-10(8-6-14-15-16(8)2)9-7(11)4-3-5-13-9/h3-6,10,12H,1-2H3. The molecule has 0 aliphatic heterocycles. The van der Waals surface area contributed by atoms with Gasteiger partial charge in [-0.05, 0) is 35.1 Å². The summed E-state index contributed by atoms with van der Waals surface area (Å²) in [5.74, 6) is 0. The van der Waals surface area contributed by atoms with Gasteiger partial charge < -0.3 is 5.32 Å². The number of aromatic nitrogens is 4. The highest BCUT2D eigenvalue weighted by Gasteiger charge is 2.19. The molecular weight excluding hydrogens is 270 g/mol. The molecule has 2 aromatic rings. The van der Waals surface area contributed by atoms with Crippen molar-refractivity contribution in [2.45, 2.75) is 6.04 Å². The van der Waals surface area contributed by atoms with E-state index in [2.05, 4.69) is 36.5 Å². The molecule has 84 valence electrons. The van der Waals surface area contributed by atoms with E-state index < -0.39 is 0 Å². The molecule has 0 saturated carbocycles. The lowest BCUT2D eigenvalue weighted by Gasteiger charge is -2.16. The molecule has 0 aliphatic rings. The van der Waals surface area contributed by atoms with Crippen LogP contribution in [0.2, 0.25) is 0 Å². The number of halogens is 1. The van der Waals surface area contributed by atoms with E-state index in [0.29, 0.717) is 0 Å². The van der Waals surface area contributed by atoms with Crippen LogP contribution < -0.4 is 5.32 Å². The lowest BCUT2D eigenvalue weighted by atomic mass is 10.1. The smallest absolute Gasteiger partial charge is 0.0947 e. The normalized spacial score (nSPS) is 12.7. The molecule has 0 saturated heterocycles. The summed E-state index contributed by atoms with van der Waals surface area (Å²) in [7, 11) is 3.75. The Balaban J connectivity index is 2.45. The second kappa shape index (κ2) is 4.71. The SMILES string of the molecule is CNC(c1ncccc1Br)c1cnnn1C. The van der Waals surface area contributed by atoms with Gasteiger partial charge in [0.1, 0.15) is 0 Å². The zero-order chi connectivity index (χ0) is 11.5. The van der Waals surface area contributed by atoms with Gasteiger partial charge in [-0.1, -0.05) is 5.21 Å². The molecule has 1 unspecified atom stereocenters. The van der Waals surface area contributed by atoms with E-state index >= 15 is 0 Å². The summed E-state index contributed by atoms with van der Waals surface area (Å²) in [5.41, 5.74) is 1.90. The second-order valence-electron chi connectivity index (χ2n) is 3.37. The molecule has 0 aromatic carbocycles. The Morgan fingerprint density at radius 3 is 2.88 bits per heavy atom. The minimum Gasteiger partial charge on any atom is -0.307 e. The summed E-state index contributed by atoms with van der Waals surface area (Å²) in [5, 5.41) is 11.0. The van der Waals surface area contributed by atoms with Gasteiger partial charge in [-0.25, -0.2) is 0 Å². The topological polar surface area (TPSA) is 55.6 Å². The van der Waals surface area contributed by atoms with E-state index in [-0.39, 0.29) is 6.04 Å². The fraction of sp³-hybridized carbons (Fsp3) is 0.300. The quantitative estimate of drug-likeness (QED) is 0.921. The van der Waals surface area contributed by atoms with Crippen LogP contribution in [-0.4, -0.2) is 27.0 Å². The van der Waals surface area contributed by atoms with Crippen LogP contribution >= 0.6 is 15.9 Å². The van der Waals surface area contributed by atoms with Crippen molar-refractivity contribution in [2.75, 3.05) is 7.05 Å². The van der Waals surface area contributed by atoms with Gasteiger partial charge in [-0.15, -0.1) is 5.10 Å². The third-order valence-corrected chi connectivity index (χ3v) is 3.06. The van der Waals surface area contributed by atoms with Gasteiger partial charge in [0.05, 0.1) is 23.6 Å². The van der Waals surface area contributed by atoms with Gasteiger partial charge in [-0.3, -0.25) is 9.67 Å². The molecule has 2 heterocycles. The summed E-state index contributed by atoms with van der Waals surface area (Å²) < 4.78 is 2.71. The summed E-state index contributed by atoms with van der Waals surface area (Å²) in [6.45, 7) is 0. The van der Waals surface area contributed by atoms with E-state index in [1.807, 2.05) is 26.2 Å². The summed E-state index contributed by atoms with van der Waals surface area (Å²) in [6, 6.07) is 3.84. The number of pyridine rings is 1. The highest BCUT2D eigenvalue weighted by Crippen LogP contribution is 2.25. The van der Waals surface area contributed by atoms with E-state index in [4.69, 9.17) is 0 Å². The predicted octanol–water partition coefficient (Wildman–Crippen LogP) is 1.28. The maximum Gasteiger partial charge on any atom is 0.0947 e. The van der Waals surface area contributed by atoms with Crippen LogP contribution in [0.3, 0.4) is 0 Å². The number of hydrogen-bond acceptors (Lipinski definition) is 4. The van der Waals surface area contributed by atoms with Gasteiger partial charge in [0, 0.05) is 17.7 Å². The average molecular weight is 282 g/mol. The zero-order valence-electron chi connectivity index (χ0n) is 9.05. The Morgan fingerprint density at radius 1 is 1.50 bits per heavy atom. The van der Waals surface area contributed by atoms with Gasteiger partial charge >= 0.3 is 0 Å².